The van der Waals surface area contributed by atoms with Crippen molar-refractivity contribution in [2.45, 2.75) is 0 Å². The SMILES string of the molecule is O=C(O)c1ccc(-c2c3nc(cc4ccc([n-]4)c(-c4ccccc4)c4nc(cc5ccc2[n-]5)C=C4)C=C3)cc1.[Zn+2]. The number of carboxylic acids is 1. The zero-order chi connectivity index (χ0) is 26.3. The molecule has 6 nitrogen and oxygen atoms in total. The average molecular weight is 570 g/mol. The van der Waals surface area contributed by atoms with Crippen molar-refractivity contribution in [3.05, 3.63) is 119 Å². The summed E-state index contributed by atoms with van der Waals surface area (Å²) in [4.78, 5) is 31.0. The van der Waals surface area contributed by atoms with Gasteiger partial charge in [-0.05, 0) is 58.7 Å². The van der Waals surface area contributed by atoms with Crippen LogP contribution in [0.4, 0.5) is 0 Å². The molecule has 1 N–H and O–H groups in total. The number of aromatic nitrogens is 4. The van der Waals surface area contributed by atoms with E-state index in [1.165, 1.54) is 0 Å². The van der Waals surface area contributed by atoms with Crippen LogP contribution in [-0.2, 0) is 19.5 Å². The van der Waals surface area contributed by atoms with Gasteiger partial charge in [-0.1, -0.05) is 78.9 Å². The molecular formula is C33H20N4O2Zn. The van der Waals surface area contributed by atoms with Crippen molar-refractivity contribution in [1.29, 1.82) is 0 Å². The maximum atomic E-state index is 11.4. The first kappa shape index (κ1) is 25.4. The van der Waals surface area contributed by atoms with Crippen LogP contribution in [0, 0.1) is 0 Å². The van der Waals surface area contributed by atoms with Crippen molar-refractivity contribution >= 4 is 52.3 Å². The van der Waals surface area contributed by atoms with Crippen molar-refractivity contribution in [3.8, 4) is 22.3 Å². The molecule has 186 valence electrons. The molecule has 0 atom stereocenters. The molecule has 0 saturated heterocycles. The van der Waals surface area contributed by atoms with E-state index in [9.17, 15) is 9.90 Å². The number of hydrogen-bond donors (Lipinski definition) is 1. The first-order valence-corrected chi connectivity index (χ1v) is 12.5. The number of hydrogen-bond acceptors (Lipinski definition) is 3. The summed E-state index contributed by atoms with van der Waals surface area (Å²) in [6.07, 6.45) is 7.91. The summed E-state index contributed by atoms with van der Waals surface area (Å²) in [5, 5.41) is 9.35. The molecule has 7 rings (SSSR count). The second-order valence-corrected chi connectivity index (χ2v) is 9.31. The third kappa shape index (κ3) is 4.72. The molecule has 2 aromatic carbocycles. The van der Waals surface area contributed by atoms with Gasteiger partial charge in [-0.3, -0.25) is 0 Å². The van der Waals surface area contributed by atoms with Crippen LogP contribution in [0.15, 0.2) is 91.0 Å². The molecule has 0 amide bonds. The number of fused-ring (bicyclic) bond motifs is 8. The molecular weight excluding hydrogens is 550 g/mol. The molecule has 5 heterocycles. The Morgan fingerprint density at radius 1 is 0.600 bits per heavy atom. The normalized spacial score (nSPS) is 11.8. The summed E-state index contributed by atoms with van der Waals surface area (Å²) >= 11 is 0. The second-order valence-electron chi connectivity index (χ2n) is 9.31. The Labute approximate surface area is 242 Å². The molecule has 8 bridgehead atoms. The van der Waals surface area contributed by atoms with E-state index in [1.807, 2.05) is 78.9 Å². The van der Waals surface area contributed by atoms with Gasteiger partial charge < -0.3 is 15.1 Å². The van der Waals surface area contributed by atoms with Gasteiger partial charge in [0.25, 0.3) is 0 Å². The van der Waals surface area contributed by atoms with E-state index in [2.05, 4.69) is 12.1 Å². The van der Waals surface area contributed by atoms with Gasteiger partial charge in [-0.2, -0.15) is 0 Å². The Morgan fingerprint density at radius 3 is 1.60 bits per heavy atom. The third-order valence-corrected chi connectivity index (χ3v) is 6.75. The fourth-order valence-electron chi connectivity index (χ4n) is 4.93. The second kappa shape index (κ2) is 10.4. The fraction of sp³-hybridized carbons (Fsp3) is 0. The minimum atomic E-state index is -0.966. The van der Waals surface area contributed by atoms with Gasteiger partial charge in [0.1, 0.15) is 0 Å². The summed E-state index contributed by atoms with van der Waals surface area (Å²) in [6.45, 7) is 0. The number of benzene rings is 2. The molecule has 5 aromatic rings. The molecule has 40 heavy (non-hydrogen) atoms. The average Bonchev–Trinajstić information content (AvgIpc) is 3.76. The summed E-state index contributed by atoms with van der Waals surface area (Å²) in [5.41, 5.74) is 10.2. The van der Waals surface area contributed by atoms with Gasteiger partial charge in [-0.15, -0.1) is 22.1 Å². The predicted octanol–water partition coefficient (Wildman–Crippen LogP) is 6.94. The molecule has 2 aliphatic heterocycles. The minimum Gasteiger partial charge on any atom is -0.657 e. The van der Waals surface area contributed by atoms with Crippen LogP contribution < -0.4 is 9.97 Å². The monoisotopic (exact) mass is 568 g/mol. The van der Waals surface area contributed by atoms with Crippen LogP contribution in [0.2, 0.25) is 0 Å². The van der Waals surface area contributed by atoms with Crippen LogP contribution in [-0.4, -0.2) is 21.0 Å². The maximum Gasteiger partial charge on any atom is 2.00 e. The maximum absolute atomic E-state index is 11.4. The number of nitrogens with zero attached hydrogens (tertiary/aromatic N) is 4. The molecule has 2 aliphatic rings. The van der Waals surface area contributed by atoms with E-state index >= 15 is 0 Å². The van der Waals surface area contributed by atoms with Crippen molar-refractivity contribution in [2.24, 2.45) is 0 Å². The van der Waals surface area contributed by atoms with E-state index in [0.717, 1.165) is 67.1 Å². The fourth-order valence-corrected chi connectivity index (χ4v) is 4.93. The quantitative estimate of drug-likeness (QED) is 0.232. The van der Waals surface area contributed by atoms with Crippen LogP contribution >= 0.6 is 0 Å². The Balaban J connectivity index is 0.00000289. The smallest absolute Gasteiger partial charge is 0.657 e. The van der Waals surface area contributed by atoms with Crippen LogP contribution in [0.5, 0.6) is 0 Å². The van der Waals surface area contributed by atoms with Crippen molar-refractivity contribution in [3.63, 3.8) is 0 Å². The van der Waals surface area contributed by atoms with E-state index < -0.39 is 5.97 Å². The van der Waals surface area contributed by atoms with Gasteiger partial charge in [0.05, 0.1) is 28.3 Å². The number of carboxylic acid groups (broad SMARTS) is 1. The van der Waals surface area contributed by atoms with Crippen molar-refractivity contribution in [2.75, 3.05) is 0 Å². The molecule has 0 saturated carbocycles. The molecule has 3 aromatic heterocycles. The Kier molecular flexibility index (Phi) is 6.58. The molecule has 0 fully saturated rings. The summed E-state index contributed by atoms with van der Waals surface area (Å²) in [5.74, 6) is -0.966. The number of rotatable bonds is 3. The molecule has 0 aliphatic carbocycles. The number of carbonyl (C=O) groups is 1. The Morgan fingerprint density at radius 2 is 1.10 bits per heavy atom. The number of aromatic carboxylic acids is 1. The van der Waals surface area contributed by atoms with Crippen LogP contribution in [0.25, 0.3) is 68.6 Å². The summed E-state index contributed by atoms with van der Waals surface area (Å²) in [6, 6.07) is 28.8. The van der Waals surface area contributed by atoms with Crippen molar-refractivity contribution in [1.82, 2.24) is 19.9 Å². The van der Waals surface area contributed by atoms with E-state index in [4.69, 9.17) is 19.9 Å². The van der Waals surface area contributed by atoms with Gasteiger partial charge in [0, 0.05) is 0 Å². The molecule has 0 radical (unpaired) electrons. The van der Waals surface area contributed by atoms with E-state index in [0.29, 0.717) is 0 Å². The Hall–Kier alpha value is -4.87. The first-order chi connectivity index (χ1) is 19.1. The topological polar surface area (TPSA) is 91.3 Å². The third-order valence-electron chi connectivity index (χ3n) is 6.75. The first-order valence-electron chi connectivity index (χ1n) is 12.5. The van der Waals surface area contributed by atoms with Gasteiger partial charge in [0.15, 0.2) is 0 Å². The zero-order valence-electron chi connectivity index (χ0n) is 21.3. The molecule has 0 unspecified atom stereocenters. The van der Waals surface area contributed by atoms with Crippen LogP contribution in [0.3, 0.4) is 0 Å². The van der Waals surface area contributed by atoms with E-state index in [-0.39, 0.29) is 25.0 Å². The summed E-state index contributed by atoms with van der Waals surface area (Å²) in [7, 11) is 0. The standard InChI is InChI=1S/C33H21N4O2.Zn/c38-33(39)22-8-6-21(7-9-22)32-29-16-12-25(36-29)18-23-10-14-27(34-23)31(20-4-2-1-3-5-20)28-15-11-24(35-28)19-26-13-17-30(32)37-26;/h1-19H,(H2-,34,35,36,37,38,39);/q-1;+2/p-1. The molecule has 7 heteroatoms. The zero-order valence-corrected chi connectivity index (χ0v) is 24.3. The Bertz CT molecular complexity index is 1980. The largest absolute Gasteiger partial charge is 2.00 e. The van der Waals surface area contributed by atoms with Crippen molar-refractivity contribution < 1.29 is 29.4 Å². The van der Waals surface area contributed by atoms with Gasteiger partial charge >= 0.3 is 25.4 Å². The van der Waals surface area contributed by atoms with E-state index in [1.54, 1.807) is 24.3 Å². The van der Waals surface area contributed by atoms with Gasteiger partial charge in [-0.25, -0.2) is 14.8 Å². The predicted molar refractivity (Wildman–Crippen MR) is 155 cm³/mol. The molecule has 0 spiro atoms. The van der Waals surface area contributed by atoms with Gasteiger partial charge in [0.2, 0.25) is 0 Å². The minimum absolute atomic E-state index is 0. The summed E-state index contributed by atoms with van der Waals surface area (Å²) < 4.78 is 0. The van der Waals surface area contributed by atoms with Crippen LogP contribution in [0.1, 0.15) is 33.1 Å².